The van der Waals surface area contributed by atoms with Crippen molar-refractivity contribution in [1.29, 1.82) is 0 Å². The summed E-state index contributed by atoms with van der Waals surface area (Å²) in [6.45, 7) is 8.14. The van der Waals surface area contributed by atoms with Gasteiger partial charge in [0.15, 0.2) is 93.1 Å². The molecule has 0 saturated carbocycles. The number of carbonyl (C=O) groups excluding carboxylic acids is 1. The molecular formula is C54H33F26O3P2RuSb. The van der Waals surface area contributed by atoms with Crippen molar-refractivity contribution in [2.75, 3.05) is 0 Å². The largest absolute Gasteiger partial charge is 1.00 e. The molecule has 3 nitrogen and oxygen atoms in total. The van der Waals surface area contributed by atoms with E-state index in [4.69, 9.17) is 9.05 Å². The summed E-state index contributed by atoms with van der Waals surface area (Å²) in [5, 5.41) is -9.78. The summed E-state index contributed by atoms with van der Waals surface area (Å²) in [6.07, 6.45) is 0.664. The minimum Gasteiger partial charge on any atom is 1.00 e. The summed E-state index contributed by atoms with van der Waals surface area (Å²) in [5.74, 6) is -58.9. The fraction of sp³-hybridized carbons (Fsp3) is 0.148. The molecule has 87 heavy (non-hydrogen) atoms. The Morgan fingerprint density at radius 1 is 0.368 bits per heavy atom. The maximum Gasteiger partial charge on any atom is 1.00 e. The summed E-state index contributed by atoms with van der Waals surface area (Å²) in [6, 6.07) is 14.8. The van der Waals surface area contributed by atoms with E-state index in [1.165, 1.54) is 64.8 Å². The normalized spacial score (nSPS) is 13.3. The van der Waals surface area contributed by atoms with Crippen molar-refractivity contribution >= 4 is 68.8 Å². The van der Waals surface area contributed by atoms with Gasteiger partial charge in [-0.25, -0.2) is 87.8 Å². The number of carbonyl (C=O) groups is 1. The standard InChI is InChI=1S/C42H20F20O2P2.C9H7.C3H6O.6FH.Ru.Sb/c1-11-5-12(2)8-15(7-11)37(63-65(39-29(55)21(47)17(43)22(48)30(39)56)40-31(57)23(49)18(44)24(50)32(40)58)38(16-9-13(3)6-14(4)10-16)64-66(41-33(59)25(51)19(45)26(52)34(41)60)42-35(61)27(53)20(46)28(54)36(42)62;1-2-5-9-7-3-6-8(9)4-1;1-3(2)4;;;;;;;;/h5-10,37-38H,1-4H3;1-7H;1-2H3;6*1H;;/q;;;;;;;;;+1;+5/p-6/t37-,38-;;;;;;;;;;/m1........../s1. The molecule has 1 aliphatic rings. The molecule has 8 rings (SSSR count). The van der Waals surface area contributed by atoms with E-state index in [1.807, 2.05) is 0 Å². The molecule has 7 aromatic rings. The predicted molar refractivity (Wildman–Crippen MR) is 264 cm³/mol. The van der Waals surface area contributed by atoms with Crippen LogP contribution >= 0.6 is 16.3 Å². The number of rotatable bonds is 11. The summed E-state index contributed by atoms with van der Waals surface area (Å²) < 4.78 is 375. The van der Waals surface area contributed by atoms with Crippen molar-refractivity contribution in [3.05, 3.63) is 234 Å². The maximum absolute atomic E-state index is 15.9. The Morgan fingerprint density at radius 3 is 0.770 bits per heavy atom. The monoisotopic (exact) mass is 1510 g/mol. The van der Waals surface area contributed by atoms with E-state index >= 15 is 35.1 Å². The van der Waals surface area contributed by atoms with Crippen LogP contribution in [0.15, 0.2) is 66.7 Å². The molecule has 1 aliphatic carbocycles. The van der Waals surface area contributed by atoms with Crippen molar-refractivity contribution in [2.45, 2.75) is 53.8 Å². The van der Waals surface area contributed by atoms with Crippen molar-refractivity contribution in [1.82, 2.24) is 0 Å². The third-order valence-electron chi connectivity index (χ3n) is 11.0. The number of fused-ring (bicyclic) bond motifs is 1. The van der Waals surface area contributed by atoms with E-state index in [0.29, 0.717) is 0 Å². The van der Waals surface area contributed by atoms with Gasteiger partial charge in [0, 0.05) is 6.42 Å². The first-order chi connectivity index (χ1) is 39.4. The molecule has 33 heteroatoms. The first-order valence-corrected chi connectivity index (χ1v) is 31.5. The van der Waals surface area contributed by atoms with Crippen molar-refractivity contribution in [3.8, 4) is 0 Å². The third-order valence-corrected chi connectivity index (χ3v) is 15.0. The van der Waals surface area contributed by atoms with E-state index in [1.54, 1.807) is 0 Å². The third kappa shape index (κ3) is 17.6. The molecule has 0 spiro atoms. The second kappa shape index (κ2) is 27.6. The smallest absolute Gasteiger partial charge is 1.00 e. The molecule has 2 atom stereocenters. The molecule has 0 unspecified atom stereocenters. The van der Waals surface area contributed by atoms with E-state index in [2.05, 4.69) is 42.8 Å². The van der Waals surface area contributed by atoms with Crippen LogP contribution in [-0.4, -0.2) is 25.3 Å². The van der Waals surface area contributed by atoms with Gasteiger partial charge in [0.2, 0.25) is 23.3 Å². The Morgan fingerprint density at radius 2 is 0.563 bits per heavy atom. The summed E-state index contributed by atoms with van der Waals surface area (Å²) in [7, 11) is -9.67. The van der Waals surface area contributed by atoms with Gasteiger partial charge in [0.25, 0.3) is 0 Å². The average molecular weight is 1510 g/mol. The van der Waals surface area contributed by atoms with Gasteiger partial charge in [0.05, 0.1) is 21.2 Å². The van der Waals surface area contributed by atoms with E-state index in [0.717, 1.165) is 24.3 Å². The van der Waals surface area contributed by atoms with E-state index in [-0.39, 0.29) is 47.5 Å². The number of halogens is 26. The number of Topliss-reactive ketones (excluding diaryl/α,β-unsaturated/α-hetero) is 1. The molecular weight excluding hydrogens is 1480 g/mol. The van der Waals surface area contributed by atoms with Gasteiger partial charge < -0.3 is 13.8 Å². The summed E-state index contributed by atoms with van der Waals surface area (Å²) >= 11 is -11.2. The first-order valence-electron chi connectivity index (χ1n) is 23.2. The van der Waals surface area contributed by atoms with Gasteiger partial charge in [-0.3, -0.25) is 0 Å². The molecule has 0 heterocycles. The van der Waals surface area contributed by atoms with Crippen LogP contribution in [0.5, 0.6) is 0 Å². The van der Waals surface area contributed by atoms with Crippen LogP contribution in [-0.2, 0) is 33.3 Å². The maximum atomic E-state index is 15.9. The molecule has 0 amide bonds. The fourth-order valence-corrected chi connectivity index (χ4v) is 11.7. The Labute approximate surface area is 492 Å². The number of hydrogen-bond donors (Lipinski definition) is 0. The van der Waals surface area contributed by atoms with Gasteiger partial charge in [0.1, 0.15) is 34.3 Å². The number of ketones is 1. The van der Waals surface area contributed by atoms with Crippen molar-refractivity contribution < 1.29 is 138 Å². The summed E-state index contributed by atoms with van der Waals surface area (Å²) in [5.41, 5.74) is 1.62. The molecule has 0 aliphatic heterocycles. The number of benzene rings is 7. The zero-order valence-electron chi connectivity index (χ0n) is 43.9. The Hall–Kier alpha value is -5.65. The van der Waals surface area contributed by atoms with E-state index < -0.39 is 197 Å². The molecule has 0 aromatic heterocycles. The molecule has 0 saturated heterocycles. The van der Waals surface area contributed by atoms with Crippen LogP contribution in [0.3, 0.4) is 0 Å². The number of allylic oxidation sites excluding steroid dienone is 1. The average Bonchev–Trinajstić information content (AvgIpc) is 1.14. The zero-order valence-corrected chi connectivity index (χ0v) is 50.0. The van der Waals surface area contributed by atoms with Crippen LogP contribution in [0.2, 0.25) is 0 Å². The van der Waals surface area contributed by atoms with Crippen LogP contribution in [0, 0.1) is 150 Å². The van der Waals surface area contributed by atoms with Crippen molar-refractivity contribution in [3.63, 3.8) is 0 Å². The minimum atomic E-state index is -11.2. The SMILES string of the molecule is CC(C)=O.Cc1cc(C)cc([C@@H](OP(c2c(F)c(F)c(F)c(F)c2F)c2c(F)c(F)c(F)c(F)c2F)[C@H](OP(c2c(F)c(F)c(F)c(F)c2F)c2c(F)c(F)c(F)c(F)c2F)c2cc(C)cc(C)c2)c1.[CH]1C=Cc2ccccc21.[F][Sb-]([F])([F])([F])([F])[F].[Ru+]. The van der Waals surface area contributed by atoms with E-state index in [9.17, 15) is 74.4 Å². The molecule has 0 bridgehead atoms. The minimum absolute atomic E-state index is 0. The Balaban J connectivity index is 0.000000652. The molecule has 0 N–H and O–H groups in total. The van der Waals surface area contributed by atoms with Gasteiger partial charge in [-0.15, -0.1) is 0 Å². The topological polar surface area (TPSA) is 35.5 Å². The van der Waals surface area contributed by atoms with Crippen LogP contribution in [0.4, 0.5) is 105 Å². The zero-order chi connectivity index (χ0) is 65.4. The second-order valence-corrected chi connectivity index (χ2v) is 27.0. The van der Waals surface area contributed by atoms with Gasteiger partial charge in [-0.05, 0) is 63.8 Å². The Kier molecular flexibility index (Phi) is 23.4. The molecule has 472 valence electrons. The molecule has 7 aromatic carbocycles. The second-order valence-electron chi connectivity index (χ2n) is 18.2. The van der Waals surface area contributed by atoms with Crippen molar-refractivity contribution in [2.24, 2.45) is 0 Å². The molecule has 0 fully saturated rings. The predicted octanol–water partition coefficient (Wildman–Crippen LogP) is 17.6. The molecule has 2 radical (unpaired) electrons. The van der Waals surface area contributed by atoms with Crippen LogP contribution in [0.25, 0.3) is 6.08 Å². The van der Waals surface area contributed by atoms with Crippen LogP contribution < -0.4 is 21.2 Å². The number of aryl methyl sites for hydroxylation is 4. The van der Waals surface area contributed by atoms with Gasteiger partial charge in [-0.2, -0.15) is 0 Å². The van der Waals surface area contributed by atoms with Gasteiger partial charge in [-0.1, -0.05) is 95.1 Å². The van der Waals surface area contributed by atoms with Crippen LogP contribution in [0.1, 0.15) is 70.6 Å². The quantitative estimate of drug-likeness (QED) is 0.0426. The first kappa shape index (κ1) is 73.8. The van der Waals surface area contributed by atoms with Gasteiger partial charge >= 0.3 is 55.8 Å². The fourth-order valence-electron chi connectivity index (χ4n) is 7.75. The Bertz CT molecular complexity index is 3340. The number of hydrogen-bond acceptors (Lipinski definition) is 3. The summed E-state index contributed by atoms with van der Waals surface area (Å²) in [4.78, 5) is 9.44.